The van der Waals surface area contributed by atoms with Gasteiger partial charge in [-0.25, -0.2) is 0 Å². The number of carbonyl (C=O) groups is 2. The Bertz CT molecular complexity index is 868. The molecule has 8 nitrogen and oxygen atoms in total. The molecule has 0 radical (unpaired) electrons. The highest BCUT2D eigenvalue weighted by Gasteiger charge is 2.30. The van der Waals surface area contributed by atoms with Crippen LogP contribution >= 0.6 is 0 Å². The second kappa shape index (κ2) is 7.17. The van der Waals surface area contributed by atoms with Crippen molar-refractivity contribution in [1.29, 1.82) is 0 Å². The smallest absolute Gasteiger partial charge is 0.269 e. The van der Waals surface area contributed by atoms with E-state index in [9.17, 15) is 9.59 Å². The van der Waals surface area contributed by atoms with Gasteiger partial charge in [-0.05, 0) is 39.2 Å². The first kappa shape index (κ1) is 17.8. The predicted octanol–water partition coefficient (Wildman–Crippen LogP) is 1.56. The van der Waals surface area contributed by atoms with Gasteiger partial charge >= 0.3 is 0 Å². The second-order valence-corrected chi connectivity index (χ2v) is 7.34. The minimum atomic E-state index is -0.0578. The second-order valence-electron chi connectivity index (χ2n) is 7.34. The lowest BCUT2D eigenvalue weighted by molar-refractivity contribution is 0.0704. The van der Waals surface area contributed by atoms with Crippen LogP contribution in [-0.2, 0) is 13.1 Å². The lowest BCUT2D eigenvalue weighted by Crippen LogP contribution is -2.39. The lowest BCUT2D eigenvalue weighted by atomic mass is 9.94. The molecule has 4 heterocycles. The van der Waals surface area contributed by atoms with Crippen LogP contribution in [0.15, 0.2) is 12.3 Å². The number of piperidine rings is 1. The van der Waals surface area contributed by atoms with E-state index in [4.69, 9.17) is 0 Å². The number of likely N-dealkylation sites (tertiary alicyclic amines) is 1. The summed E-state index contributed by atoms with van der Waals surface area (Å²) in [5, 5.41) is 11.9. The number of aromatic nitrogens is 4. The Kier molecular flexibility index (Phi) is 4.72. The molecule has 2 aliphatic rings. The van der Waals surface area contributed by atoms with Crippen molar-refractivity contribution in [3.8, 4) is 0 Å². The molecule has 1 saturated heterocycles. The topological polar surface area (TPSA) is 85.1 Å². The molecule has 1 unspecified atom stereocenters. The number of hydrogen-bond acceptors (Lipinski definition) is 4. The first-order valence-corrected chi connectivity index (χ1v) is 9.76. The Labute approximate surface area is 158 Å². The van der Waals surface area contributed by atoms with Gasteiger partial charge in [-0.3, -0.25) is 19.0 Å². The Hall–Kier alpha value is -2.64. The summed E-state index contributed by atoms with van der Waals surface area (Å²) in [7, 11) is 0. The van der Waals surface area contributed by atoms with Gasteiger partial charge in [0, 0.05) is 44.3 Å². The summed E-state index contributed by atoms with van der Waals surface area (Å²) >= 11 is 0. The minimum Gasteiger partial charge on any atom is -0.351 e. The highest BCUT2D eigenvalue weighted by Crippen LogP contribution is 2.28. The SMILES string of the molecule is CCn1ncc(C(=O)N2CCCC(c3cc4n(n3)CCCNC4=O)C2)c1C. The largest absolute Gasteiger partial charge is 0.351 e. The maximum Gasteiger partial charge on any atom is 0.269 e. The maximum absolute atomic E-state index is 13.0. The van der Waals surface area contributed by atoms with Crippen molar-refractivity contribution in [3.63, 3.8) is 0 Å². The molecule has 4 rings (SSSR count). The van der Waals surface area contributed by atoms with E-state index >= 15 is 0 Å². The molecule has 2 aromatic heterocycles. The van der Waals surface area contributed by atoms with E-state index in [0.717, 1.165) is 50.3 Å². The zero-order valence-electron chi connectivity index (χ0n) is 15.9. The standard InChI is InChI=1S/C19H26N6O2/c1-3-24-13(2)15(11-21-24)19(27)23-8-4-6-14(12-23)16-10-17-18(26)20-7-5-9-25(17)22-16/h10-11,14H,3-9,12H2,1-2H3,(H,20,26). The first-order chi connectivity index (χ1) is 13.1. The van der Waals surface area contributed by atoms with Gasteiger partial charge in [0.1, 0.15) is 5.69 Å². The van der Waals surface area contributed by atoms with Gasteiger partial charge in [0.25, 0.3) is 11.8 Å². The van der Waals surface area contributed by atoms with E-state index in [0.29, 0.717) is 24.3 Å². The summed E-state index contributed by atoms with van der Waals surface area (Å²) < 4.78 is 3.66. The third-order valence-corrected chi connectivity index (χ3v) is 5.62. The Balaban J connectivity index is 1.53. The number of hydrogen-bond donors (Lipinski definition) is 1. The Morgan fingerprint density at radius 1 is 1.33 bits per heavy atom. The van der Waals surface area contributed by atoms with Gasteiger partial charge in [0.05, 0.1) is 17.5 Å². The quantitative estimate of drug-likeness (QED) is 0.889. The Morgan fingerprint density at radius 3 is 2.96 bits per heavy atom. The van der Waals surface area contributed by atoms with Crippen molar-refractivity contribution in [2.24, 2.45) is 0 Å². The molecule has 1 N–H and O–H groups in total. The third-order valence-electron chi connectivity index (χ3n) is 5.62. The van der Waals surface area contributed by atoms with Crippen LogP contribution in [0.5, 0.6) is 0 Å². The van der Waals surface area contributed by atoms with Crippen molar-refractivity contribution in [3.05, 3.63) is 34.9 Å². The molecule has 144 valence electrons. The first-order valence-electron chi connectivity index (χ1n) is 9.76. The predicted molar refractivity (Wildman–Crippen MR) is 99.7 cm³/mol. The normalized spacial score (nSPS) is 20.1. The van der Waals surface area contributed by atoms with Gasteiger partial charge < -0.3 is 10.2 Å². The number of nitrogens with one attached hydrogen (secondary N) is 1. The molecule has 0 saturated carbocycles. The Morgan fingerprint density at radius 2 is 2.19 bits per heavy atom. The molecule has 0 bridgehead atoms. The molecule has 1 fully saturated rings. The van der Waals surface area contributed by atoms with Crippen LogP contribution in [0.2, 0.25) is 0 Å². The molecule has 1 atom stereocenters. The summed E-state index contributed by atoms with van der Waals surface area (Å²) in [5.74, 6) is 0.143. The molecule has 0 spiro atoms. The maximum atomic E-state index is 13.0. The van der Waals surface area contributed by atoms with Crippen LogP contribution in [0.4, 0.5) is 0 Å². The van der Waals surface area contributed by atoms with Gasteiger partial charge in [0.2, 0.25) is 0 Å². The number of nitrogens with zero attached hydrogens (tertiary/aromatic N) is 5. The van der Waals surface area contributed by atoms with Crippen molar-refractivity contribution < 1.29 is 9.59 Å². The van der Waals surface area contributed by atoms with Gasteiger partial charge in [0.15, 0.2) is 0 Å². The number of carbonyl (C=O) groups excluding carboxylic acids is 2. The van der Waals surface area contributed by atoms with E-state index in [2.05, 4.69) is 15.5 Å². The molecular formula is C19H26N6O2. The fraction of sp³-hybridized carbons (Fsp3) is 0.579. The molecule has 2 amide bonds. The average molecular weight is 370 g/mol. The summed E-state index contributed by atoms with van der Waals surface area (Å²) in [6.45, 7) is 7.53. The highest BCUT2D eigenvalue weighted by atomic mass is 16.2. The van der Waals surface area contributed by atoms with E-state index in [1.165, 1.54) is 0 Å². The van der Waals surface area contributed by atoms with Crippen LogP contribution in [-0.4, -0.2) is 55.9 Å². The summed E-state index contributed by atoms with van der Waals surface area (Å²) in [6.07, 6.45) is 4.48. The molecule has 8 heteroatoms. The fourth-order valence-corrected chi connectivity index (χ4v) is 4.06. The van der Waals surface area contributed by atoms with Gasteiger partial charge in [-0.15, -0.1) is 0 Å². The van der Waals surface area contributed by atoms with Gasteiger partial charge in [-0.1, -0.05) is 0 Å². The van der Waals surface area contributed by atoms with Crippen LogP contribution in [0.1, 0.15) is 64.3 Å². The molecule has 27 heavy (non-hydrogen) atoms. The number of rotatable bonds is 3. The van der Waals surface area contributed by atoms with Crippen molar-refractivity contribution in [2.45, 2.75) is 52.1 Å². The fourth-order valence-electron chi connectivity index (χ4n) is 4.06. The molecular weight excluding hydrogens is 344 g/mol. The summed E-state index contributed by atoms with van der Waals surface area (Å²) in [6, 6.07) is 1.90. The summed E-state index contributed by atoms with van der Waals surface area (Å²) in [4.78, 5) is 27.1. The third kappa shape index (κ3) is 3.24. The number of amides is 2. The van der Waals surface area contributed by atoms with Crippen molar-refractivity contribution in [1.82, 2.24) is 29.8 Å². The number of fused-ring (bicyclic) bond motifs is 1. The van der Waals surface area contributed by atoms with Crippen molar-refractivity contribution in [2.75, 3.05) is 19.6 Å². The van der Waals surface area contributed by atoms with Crippen molar-refractivity contribution >= 4 is 11.8 Å². The minimum absolute atomic E-state index is 0.0374. The molecule has 2 aliphatic heterocycles. The van der Waals surface area contributed by atoms with Crippen LogP contribution in [0.3, 0.4) is 0 Å². The van der Waals surface area contributed by atoms with Crippen LogP contribution in [0, 0.1) is 6.92 Å². The molecule has 0 aliphatic carbocycles. The van der Waals surface area contributed by atoms with Crippen LogP contribution in [0.25, 0.3) is 0 Å². The average Bonchev–Trinajstić information content (AvgIpc) is 3.24. The molecule has 2 aromatic rings. The zero-order chi connectivity index (χ0) is 19.0. The molecule has 0 aromatic carbocycles. The number of aryl methyl sites for hydroxylation is 2. The van der Waals surface area contributed by atoms with Crippen LogP contribution < -0.4 is 5.32 Å². The lowest BCUT2D eigenvalue weighted by Gasteiger charge is -2.32. The van der Waals surface area contributed by atoms with Gasteiger partial charge in [-0.2, -0.15) is 10.2 Å². The van der Waals surface area contributed by atoms with E-state index < -0.39 is 0 Å². The monoisotopic (exact) mass is 370 g/mol. The zero-order valence-corrected chi connectivity index (χ0v) is 15.9. The van der Waals surface area contributed by atoms with E-state index in [1.54, 1.807) is 6.20 Å². The summed E-state index contributed by atoms with van der Waals surface area (Å²) in [5.41, 5.74) is 3.14. The van der Waals surface area contributed by atoms with E-state index in [1.807, 2.05) is 34.2 Å². The van der Waals surface area contributed by atoms with E-state index in [-0.39, 0.29) is 17.7 Å². The highest BCUT2D eigenvalue weighted by molar-refractivity contribution is 5.95.